The third kappa shape index (κ3) is 3.41. The van der Waals surface area contributed by atoms with Gasteiger partial charge in [0.05, 0.1) is 12.5 Å². The topological polar surface area (TPSA) is 33.2 Å². The predicted molar refractivity (Wildman–Crippen MR) is 87.3 cm³/mol. The Labute approximate surface area is 136 Å². The van der Waals surface area contributed by atoms with Gasteiger partial charge in [-0.1, -0.05) is 25.1 Å². The molecule has 1 fully saturated rings. The fourth-order valence-corrected chi connectivity index (χ4v) is 3.30. The van der Waals surface area contributed by atoms with E-state index in [4.69, 9.17) is 0 Å². The van der Waals surface area contributed by atoms with Crippen molar-refractivity contribution in [2.75, 3.05) is 6.54 Å². The Morgan fingerprint density at radius 1 is 1.35 bits per heavy atom. The molecule has 0 bridgehead atoms. The van der Waals surface area contributed by atoms with Crippen LogP contribution >= 0.6 is 0 Å². The average Bonchev–Trinajstić information content (AvgIpc) is 2.91. The minimum atomic E-state index is -0.253. The van der Waals surface area contributed by atoms with Gasteiger partial charge in [0.2, 0.25) is 5.91 Å². The number of hydrogen-bond acceptors (Lipinski definition) is 2. The van der Waals surface area contributed by atoms with Crippen LogP contribution in [0.5, 0.6) is 0 Å². The molecule has 0 spiro atoms. The van der Waals surface area contributed by atoms with Crippen LogP contribution < -0.4 is 0 Å². The van der Waals surface area contributed by atoms with E-state index >= 15 is 0 Å². The van der Waals surface area contributed by atoms with Gasteiger partial charge in [0.15, 0.2) is 0 Å². The van der Waals surface area contributed by atoms with Gasteiger partial charge in [-0.15, -0.1) is 0 Å². The van der Waals surface area contributed by atoms with E-state index in [1.807, 2.05) is 30.0 Å². The van der Waals surface area contributed by atoms with Crippen LogP contribution in [0.1, 0.15) is 36.2 Å². The Morgan fingerprint density at radius 3 is 2.87 bits per heavy atom. The van der Waals surface area contributed by atoms with Crippen molar-refractivity contribution in [3.63, 3.8) is 0 Å². The van der Waals surface area contributed by atoms with Crippen LogP contribution in [0.25, 0.3) is 0 Å². The maximum absolute atomic E-state index is 13.5. The molecule has 0 saturated carbocycles. The molecule has 2 atom stereocenters. The number of aromatic nitrogens is 1. The van der Waals surface area contributed by atoms with Crippen molar-refractivity contribution < 1.29 is 9.18 Å². The van der Waals surface area contributed by atoms with Crippen molar-refractivity contribution in [3.8, 4) is 0 Å². The summed E-state index contributed by atoms with van der Waals surface area (Å²) in [5.74, 6) is 0.155. The summed E-state index contributed by atoms with van der Waals surface area (Å²) in [7, 11) is 0. The van der Waals surface area contributed by atoms with E-state index < -0.39 is 0 Å². The minimum Gasteiger partial charge on any atom is -0.335 e. The SMILES string of the molecule is Cc1ccc(CC(=O)N2CC[C@H](C)[C@H]2c2cccc(F)c2)cn1. The lowest BCUT2D eigenvalue weighted by Gasteiger charge is -2.27. The van der Waals surface area contributed by atoms with Gasteiger partial charge in [-0.25, -0.2) is 4.39 Å². The zero-order chi connectivity index (χ0) is 16.4. The Morgan fingerprint density at radius 2 is 2.17 bits per heavy atom. The molecule has 23 heavy (non-hydrogen) atoms. The second-order valence-electron chi connectivity index (χ2n) is 6.34. The second kappa shape index (κ2) is 6.49. The molecule has 3 rings (SSSR count). The van der Waals surface area contributed by atoms with Crippen LogP contribution in [0.4, 0.5) is 4.39 Å². The van der Waals surface area contributed by atoms with E-state index in [0.717, 1.165) is 29.8 Å². The third-order valence-corrected chi connectivity index (χ3v) is 4.54. The van der Waals surface area contributed by atoms with E-state index in [1.54, 1.807) is 18.3 Å². The molecular weight excluding hydrogens is 291 g/mol. The highest BCUT2D eigenvalue weighted by Crippen LogP contribution is 2.37. The minimum absolute atomic E-state index is 0.0448. The summed E-state index contributed by atoms with van der Waals surface area (Å²) >= 11 is 0. The van der Waals surface area contributed by atoms with E-state index in [2.05, 4.69) is 11.9 Å². The Kier molecular flexibility index (Phi) is 4.42. The smallest absolute Gasteiger partial charge is 0.227 e. The molecule has 120 valence electrons. The van der Waals surface area contributed by atoms with Gasteiger partial charge in [0.1, 0.15) is 5.82 Å². The largest absolute Gasteiger partial charge is 0.335 e. The highest BCUT2D eigenvalue weighted by molar-refractivity contribution is 5.79. The number of aryl methyl sites for hydroxylation is 1. The molecule has 0 N–H and O–H groups in total. The molecule has 3 nitrogen and oxygen atoms in total. The van der Waals surface area contributed by atoms with Gasteiger partial charge in [0, 0.05) is 18.4 Å². The second-order valence-corrected chi connectivity index (χ2v) is 6.34. The standard InChI is InChI=1S/C19H21FN2O/c1-13-8-9-22(19(13)16-4-3-5-17(20)11-16)18(23)10-15-7-6-14(2)21-12-15/h3-7,11-13,19H,8-10H2,1-2H3/t13-,19-/m0/s1. The number of halogens is 1. The van der Waals surface area contributed by atoms with E-state index in [-0.39, 0.29) is 17.8 Å². The zero-order valence-electron chi connectivity index (χ0n) is 13.5. The summed E-state index contributed by atoms with van der Waals surface area (Å²) in [4.78, 5) is 18.8. The maximum Gasteiger partial charge on any atom is 0.227 e. The van der Waals surface area contributed by atoms with Crippen LogP contribution in [0, 0.1) is 18.7 Å². The summed E-state index contributed by atoms with van der Waals surface area (Å²) in [6.45, 7) is 4.77. The molecule has 2 aromatic rings. The number of likely N-dealkylation sites (tertiary alicyclic amines) is 1. The van der Waals surface area contributed by atoms with Crippen LogP contribution in [0.15, 0.2) is 42.6 Å². The normalized spacial score (nSPS) is 20.7. The van der Waals surface area contributed by atoms with Gasteiger partial charge in [-0.3, -0.25) is 9.78 Å². The monoisotopic (exact) mass is 312 g/mol. The predicted octanol–water partition coefficient (Wildman–Crippen LogP) is 3.68. The summed E-state index contributed by atoms with van der Waals surface area (Å²) < 4.78 is 13.5. The molecule has 1 aromatic carbocycles. The average molecular weight is 312 g/mol. The van der Waals surface area contributed by atoms with Crippen molar-refractivity contribution >= 4 is 5.91 Å². The summed E-state index contributed by atoms with van der Waals surface area (Å²) in [5.41, 5.74) is 2.73. The molecule has 4 heteroatoms. The third-order valence-electron chi connectivity index (χ3n) is 4.54. The molecule has 1 aromatic heterocycles. The lowest BCUT2D eigenvalue weighted by atomic mass is 9.95. The first-order valence-corrected chi connectivity index (χ1v) is 8.01. The molecule has 1 amide bonds. The van der Waals surface area contributed by atoms with Crippen LogP contribution in [0.3, 0.4) is 0 Å². The molecular formula is C19H21FN2O. The number of benzene rings is 1. The zero-order valence-corrected chi connectivity index (χ0v) is 13.5. The van der Waals surface area contributed by atoms with Crippen LogP contribution in [0.2, 0.25) is 0 Å². The molecule has 0 aliphatic carbocycles. The Bertz CT molecular complexity index is 699. The van der Waals surface area contributed by atoms with Gasteiger partial charge in [0.25, 0.3) is 0 Å². The highest BCUT2D eigenvalue weighted by Gasteiger charge is 2.35. The van der Waals surface area contributed by atoms with E-state index in [0.29, 0.717) is 12.3 Å². The lowest BCUT2D eigenvalue weighted by molar-refractivity contribution is -0.131. The first-order chi connectivity index (χ1) is 11.0. The fraction of sp³-hybridized carbons (Fsp3) is 0.368. The quantitative estimate of drug-likeness (QED) is 0.866. The van der Waals surface area contributed by atoms with E-state index in [9.17, 15) is 9.18 Å². The van der Waals surface area contributed by atoms with Crippen molar-refractivity contribution in [3.05, 3.63) is 65.2 Å². The van der Waals surface area contributed by atoms with Gasteiger partial charge in [-0.2, -0.15) is 0 Å². The van der Waals surface area contributed by atoms with Gasteiger partial charge >= 0.3 is 0 Å². The first-order valence-electron chi connectivity index (χ1n) is 8.01. The van der Waals surface area contributed by atoms with Crippen LogP contribution in [-0.4, -0.2) is 22.3 Å². The number of hydrogen-bond donors (Lipinski definition) is 0. The first kappa shape index (κ1) is 15.7. The fourth-order valence-electron chi connectivity index (χ4n) is 3.30. The van der Waals surface area contributed by atoms with Crippen LogP contribution in [-0.2, 0) is 11.2 Å². The molecule has 1 aliphatic heterocycles. The highest BCUT2D eigenvalue weighted by atomic mass is 19.1. The summed E-state index contributed by atoms with van der Waals surface area (Å²) in [5, 5.41) is 0. The number of nitrogens with zero attached hydrogens (tertiary/aromatic N) is 2. The van der Waals surface area contributed by atoms with Crippen molar-refractivity contribution in [2.45, 2.75) is 32.7 Å². The number of rotatable bonds is 3. The number of carbonyl (C=O) groups is 1. The van der Waals surface area contributed by atoms with Crippen molar-refractivity contribution in [1.29, 1.82) is 0 Å². The summed E-state index contributed by atoms with van der Waals surface area (Å²) in [6, 6.07) is 10.4. The Balaban J connectivity index is 1.80. The number of carbonyl (C=O) groups excluding carboxylic acids is 1. The molecule has 1 aliphatic rings. The lowest BCUT2D eigenvalue weighted by Crippen LogP contribution is -2.33. The van der Waals surface area contributed by atoms with Crippen molar-refractivity contribution in [1.82, 2.24) is 9.88 Å². The van der Waals surface area contributed by atoms with E-state index in [1.165, 1.54) is 6.07 Å². The van der Waals surface area contributed by atoms with Crippen molar-refractivity contribution in [2.24, 2.45) is 5.92 Å². The van der Waals surface area contributed by atoms with Gasteiger partial charge < -0.3 is 4.90 Å². The molecule has 1 saturated heterocycles. The maximum atomic E-state index is 13.5. The summed E-state index contributed by atoms with van der Waals surface area (Å²) in [6.07, 6.45) is 3.04. The molecule has 0 radical (unpaired) electrons. The van der Waals surface area contributed by atoms with Gasteiger partial charge in [-0.05, 0) is 48.6 Å². The number of pyridine rings is 1. The molecule has 0 unspecified atom stereocenters. The number of amides is 1. The molecule has 2 heterocycles. The Hall–Kier alpha value is -2.23.